The van der Waals surface area contributed by atoms with Gasteiger partial charge in [-0.15, -0.1) is 0 Å². The molecule has 2 heterocycles. The minimum atomic E-state index is -0.487. The fourth-order valence-electron chi connectivity index (χ4n) is 3.97. The predicted octanol–water partition coefficient (Wildman–Crippen LogP) is 4.41. The highest BCUT2D eigenvalue weighted by atomic mass is 16.5. The summed E-state index contributed by atoms with van der Waals surface area (Å²) in [5.41, 5.74) is 4.51. The van der Waals surface area contributed by atoms with E-state index < -0.39 is 11.2 Å². The molecular formula is C25H36N6O3. The summed E-state index contributed by atoms with van der Waals surface area (Å²) in [7, 11) is 3.23. The number of aromatic amines is 1. The van der Waals surface area contributed by atoms with Crippen LogP contribution in [0.15, 0.2) is 39.0 Å². The minimum absolute atomic E-state index is 0.341. The Morgan fingerprint density at radius 1 is 1.06 bits per heavy atom. The highest BCUT2D eigenvalue weighted by molar-refractivity contribution is 5.99. The SMILES string of the molecule is CCCCCCCCCCn1c(N/N=C(/C)c2ccc(OC)cc2)nc2c1c(=O)[nH]c(=O)n2C. The smallest absolute Gasteiger partial charge is 0.329 e. The third-order valence-electron chi connectivity index (χ3n) is 6.07. The maximum absolute atomic E-state index is 12.6. The lowest BCUT2D eigenvalue weighted by Crippen LogP contribution is -2.29. The molecule has 0 aliphatic carbocycles. The van der Waals surface area contributed by atoms with E-state index in [9.17, 15) is 9.59 Å². The molecule has 0 amide bonds. The van der Waals surface area contributed by atoms with Crippen molar-refractivity contribution >= 4 is 22.8 Å². The Balaban J connectivity index is 1.79. The minimum Gasteiger partial charge on any atom is -0.497 e. The number of unbranched alkanes of at least 4 members (excludes halogenated alkanes) is 7. The molecule has 9 nitrogen and oxygen atoms in total. The summed E-state index contributed by atoms with van der Waals surface area (Å²) in [5.74, 6) is 1.22. The maximum atomic E-state index is 12.6. The Labute approximate surface area is 199 Å². The summed E-state index contributed by atoms with van der Waals surface area (Å²) in [4.78, 5) is 31.6. The van der Waals surface area contributed by atoms with E-state index >= 15 is 0 Å². The number of methoxy groups -OCH3 is 1. The number of imidazole rings is 1. The molecule has 0 aliphatic rings. The first-order valence-corrected chi connectivity index (χ1v) is 12.1. The van der Waals surface area contributed by atoms with Crippen LogP contribution >= 0.6 is 0 Å². The molecule has 0 bridgehead atoms. The van der Waals surface area contributed by atoms with Crippen molar-refractivity contribution in [1.82, 2.24) is 19.1 Å². The van der Waals surface area contributed by atoms with Crippen LogP contribution in [0.1, 0.15) is 70.8 Å². The molecule has 3 rings (SSSR count). The van der Waals surface area contributed by atoms with Crippen molar-refractivity contribution in [2.24, 2.45) is 12.1 Å². The molecule has 0 spiro atoms. The molecule has 3 aromatic rings. The van der Waals surface area contributed by atoms with Crippen molar-refractivity contribution in [2.45, 2.75) is 71.8 Å². The van der Waals surface area contributed by atoms with Gasteiger partial charge in [0, 0.05) is 13.6 Å². The van der Waals surface area contributed by atoms with Gasteiger partial charge in [-0.3, -0.25) is 14.3 Å². The van der Waals surface area contributed by atoms with Crippen LogP contribution in [0.25, 0.3) is 11.2 Å². The van der Waals surface area contributed by atoms with Gasteiger partial charge in [0.15, 0.2) is 11.2 Å². The number of hydrogen-bond acceptors (Lipinski definition) is 6. The van der Waals surface area contributed by atoms with Crippen LogP contribution in [0.2, 0.25) is 0 Å². The van der Waals surface area contributed by atoms with Crippen molar-refractivity contribution in [3.8, 4) is 5.75 Å². The third kappa shape index (κ3) is 6.15. The highest BCUT2D eigenvalue weighted by Crippen LogP contribution is 2.18. The van der Waals surface area contributed by atoms with E-state index in [1.807, 2.05) is 35.8 Å². The quantitative estimate of drug-likeness (QED) is 0.220. The normalized spacial score (nSPS) is 11.8. The van der Waals surface area contributed by atoms with E-state index in [4.69, 9.17) is 4.74 Å². The lowest BCUT2D eigenvalue weighted by molar-refractivity contribution is 0.415. The van der Waals surface area contributed by atoms with Crippen LogP contribution in [-0.2, 0) is 13.6 Å². The van der Waals surface area contributed by atoms with Gasteiger partial charge < -0.3 is 9.30 Å². The van der Waals surface area contributed by atoms with Crippen LogP contribution in [0, 0.1) is 0 Å². The summed E-state index contributed by atoms with van der Waals surface area (Å²) >= 11 is 0. The van der Waals surface area contributed by atoms with Crippen LogP contribution < -0.4 is 21.4 Å². The molecule has 1 aromatic carbocycles. The van der Waals surface area contributed by atoms with Gasteiger partial charge in [-0.05, 0) is 43.2 Å². The summed E-state index contributed by atoms with van der Waals surface area (Å²) in [6.45, 7) is 4.73. The molecule has 0 atom stereocenters. The Morgan fingerprint density at radius 2 is 1.71 bits per heavy atom. The van der Waals surface area contributed by atoms with Gasteiger partial charge in [0.25, 0.3) is 5.56 Å². The van der Waals surface area contributed by atoms with E-state index in [1.165, 1.54) is 43.1 Å². The van der Waals surface area contributed by atoms with Crippen LogP contribution in [0.4, 0.5) is 5.95 Å². The Kier molecular flexibility index (Phi) is 9.07. The molecule has 9 heteroatoms. The number of nitrogens with zero attached hydrogens (tertiary/aromatic N) is 4. The molecule has 0 aliphatic heterocycles. The van der Waals surface area contributed by atoms with Crippen LogP contribution in [0.3, 0.4) is 0 Å². The monoisotopic (exact) mass is 468 g/mol. The zero-order valence-electron chi connectivity index (χ0n) is 20.7. The predicted molar refractivity (Wildman–Crippen MR) is 137 cm³/mol. The zero-order chi connectivity index (χ0) is 24.5. The number of rotatable bonds is 13. The summed E-state index contributed by atoms with van der Waals surface area (Å²) < 4.78 is 8.39. The summed E-state index contributed by atoms with van der Waals surface area (Å²) in [6, 6.07) is 7.61. The number of ether oxygens (including phenoxy) is 1. The van der Waals surface area contributed by atoms with Crippen molar-refractivity contribution in [3.05, 3.63) is 50.7 Å². The largest absolute Gasteiger partial charge is 0.497 e. The van der Waals surface area contributed by atoms with Gasteiger partial charge >= 0.3 is 5.69 Å². The fraction of sp³-hybridized carbons (Fsp3) is 0.520. The average Bonchev–Trinajstić information content (AvgIpc) is 3.21. The number of hydrazone groups is 1. The molecule has 0 radical (unpaired) electrons. The second-order valence-corrected chi connectivity index (χ2v) is 8.59. The molecule has 2 N–H and O–H groups in total. The van der Waals surface area contributed by atoms with E-state index in [-0.39, 0.29) is 0 Å². The molecule has 2 aromatic heterocycles. The van der Waals surface area contributed by atoms with E-state index in [2.05, 4.69) is 27.4 Å². The Hall–Kier alpha value is -3.36. The van der Waals surface area contributed by atoms with E-state index in [0.29, 0.717) is 23.7 Å². The first-order valence-electron chi connectivity index (χ1n) is 12.1. The number of nitrogens with one attached hydrogen (secondary N) is 2. The lowest BCUT2D eigenvalue weighted by Gasteiger charge is -2.09. The van der Waals surface area contributed by atoms with Crippen molar-refractivity contribution in [3.63, 3.8) is 0 Å². The first-order chi connectivity index (χ1) is 16.5. The number of anilines is 1. The first kappa shape index (κ1) is 25.3. The molecule has 34 heavy (non-hydrogen) atoms. The average molecular weight is 469 g/mol. The van der Waals surface area contributed by atoms with Gasteiger partial charge in [0.05, 0.1) is 12.8 Å². The number of fused-ring (bicyclic) bond motifs is 1. The van der Waals surface area contributed by atoms with Gasteiger partial charge in [-0.1, -0.05) is 51.9 Å². The third-order valence-corrected chi connectivity index (χ3v) is 6.07. The van der Waals surface area contributed by atoms with Crippen LogP contribution in [0.5, 0.6) is 5.75 Å². The number of H-pyrrole nitrogens is 1. The standard InChI is InChI=1S/C25H36N6O3/c1-5-6-7-8-9-10-11-12-17-31-21-22(30(3)25(33)27-23(21)32)26-24(31)29-28-18(2)19-13-15-20(34-4)16-14-19/h13-16H,5-12,17H2,1-4H3,(H,26,29)(H,27,32,33)/b28-18-. The van der Waals surface area contributed by atoms with Gasteiger partial charge in [0.1, 0.15) is 5.75 Å². The molecule has 184 valence electrons. The maximum Gasteiger partial charge on any atom is 0.329 e. The van der Waals surface area contributed by atoms with Gasteiger partial charge in [0.2, 0.25) is 5.95 Å². The summed E-state index contributed by atoms with van der Waals surface area (Å²) in [5, 5.41) is 4.49. The second kappa shape index (κ2) is 12.2. The molecular weight excluding hydrogens is 432 g/mol. The Bertz CT molecular complexity index is 1220. The fourth-order valence-corrected chi connectivity index (χ4v) is 3.97. The zero-order valence-corrected chi connectivity index (χ0v) is 20.7. The highest BCUT2D eigenvalue weighted by Gasteiger charge is 2.17. The number of benzene rings is 1. The molecule has 0 unspecified atom stereocenters. The lowest BCUT2D eigenvalue weighted by atomic mass is 10.1. The van der Waals surface area contributed by atoms with Crippen molar-refractivity contribution in [1.29, 1.82) is 0 Å². The van der Waals surface area contributed by atoms with E-state index in [0.717, 1.165) is 29.9 Å². The van der Waals surface area contributed by atoms with Gasteiger partial charge in [-0.2, -0.15) is 10.1 Å². The van der Waals surface area contributed by atoms with Crippen LogP contribution in [-0.4, -0.2) is 31.9 Å². The van der Waals surface area contributed by atoms with Crippen molar-refractivity contribution in [2.75, 3.05) is 12.5 Å². The topological polar surface area (TPSA) is 106 Å². The van der Waals surface area contributed by atoms with Crippen molar-refractivity contribution < 1.29 is 4.74 Å². The Morgan fingerprint density at radius 3 is 2.35 bits per heavy atom. The summed E-state index contributed by atoms with van der Waals surface area (Å²) in [6.07, 6.45) is 9.51. The number of aromatic nitrogens is 4. The molecule has 0 saturated carbocycles. The van der Waals surface area contributed by atoms with E-state index in [1.54, 1.807) is 14.2 Å². The van der Waals surface area contributed by atoms with Gasteiger partial charge in [-0.25, -0.2) is 10.2 Å². The molecule has 0 saturated heterocycles. The number of hydrogen-bond donors (Lipinski definition) is 2. The second-order valence-electron chi connectivity index (χ2n) is 8.59. The number of aryl methyl sites for hydroxylation is 2. The molecule has 0 fully saturated rings.